The molecule has 0 aromatic carbocycles. The Morgan fingerprint density at radius 1 is 1.50 bits per heavy atom. The molecule has 0 radical (unpaired) electrons. The SMILES string of the molecule is O=C(O)CCN1C[C@@H](O)[C@@H](n2ccnc2)C1. The molecule has 0 saturated carbocycles. The van der Waals surface area contributed by atoms with Gasteiger partial charge in [0.2, 0.25) is 0 Å². The summed E-state index contributed by atoms with van der Waals surface area (Å²) in [5.41, 5.74) is 0. The Kier molecular flexibility index (Phi) is 3.21. The van der Waals surface area contributed by atoms with Crippen LogP contribution in [-0.4, -0.2) is 56.4 Å². The van der Waals surface area contributed by atoms with Crippen molar-refractivity contribution < 1.29 is 15.0 Å². The van der Waals surface area contributed by atoms with E-state index < -0.39 is 12.1 Å². The summed E-state index contributed by atoms with van der Waals surface area (Å²) in [6, 6.07) is -0.0173. The number of imidazole rings is 1. The number of carboxylic acids is 1. The van der Waals surface area contributed by atoms with E-state index in [1.54, 1.807) is 12.5 Å². The molecule has 0 amide bonds. The summed E-state index contributed by atoms with van der Waals surface area (Å²) >= 11 is 0. The fourth-order valence-electron chi connectivity index (χ4n) is 2.04. The number of likely N-dealkylation sites (tertiary alicyclic amines) is 1. The molecule has 0 bridgehead atoms. The van der Waals surface area contributed by atoms with Crippen LogP contribution in [0.2, 0.25) is 0 Å². The van der Waals surface area contributed by atoms with Gasteiger partial charge in [-0.15, -0.1) is 0 Å². The van der Waals surface area contributed by atoms with E-state index in [1.807, 2.05) is 15.7 Å². The van der Waals surface area contributed by atoms with Crippen molar-refractivity contribution in [2.24, 2.45) is 0 Å². The molecule has 0 aliphatic carbocycles. The lowest BCUT2D eigenvalue weighted by Gasteiger charge is -2.15. The van der Waals surface area contributed by atoms with Gasteiger partial charge in [-0.25, -0.2) is 4.98 Å². The van der Waals surface area contributed by atoms with Gasteiger partial charge in [0.25, 0.3) is 0 Å². The first kappa shape index (κ1) is 11.1. The smallest absolute Gasteiger partial charge is 0.304 e. The van der Waals surface area contributed by atoms with Gasteiger partial charge in [0.05, 0.1) is 24.9 Å². The van der Waals surface area contributed by atoms with Crippen LogP contribution in [0.4, 0.5) is 0 Å². The lowest BCUT2D eigenvalue weighted by Crippen LogP contribution is -2.24. The number of rotatable bonds is 4. The number of hydrogen-bond acceptors (Lipinski definition) is 4. The highest BCUT2D eigenvalue weighted by molar-refractivity contribution is 5.66. The molecule has 0 spiro atoms. The zero-order valence-corrected chi connectivity index (χ0v) is 8.86. The summed E-state index contributed by atoms with van der Waals surface area (Å²) in [7, 11) is 0. The lowest BCUT2D eigenvalue weighted by molar-refractivity contribution is -0.137. The molecule has 1 aliphatic heterocycles. The monoisotopic (exact) mass is 225 g/mol. The highest BCUT2D eigenvalue weighted by Gasteiger charge is 2.32. The summed E-state index contributed by atoms with van der Waals surface area (Å²) in [6.45, 7) is 1.68. The Labute approximate surface area is 93.1 Å². The zero-order chi connectivity index (χ0) is 11.5. The highest BCUT2D eigenvalue weighted by Crippen LogP contribution is 2.21. The topological polar surface area (TPSA) is 78.6 Å². The first-order chi connectivity index (χ1) is 7.66. The van der Waals surface area contributed by atoms with E-state index in [4.69, 9.17) is 5.11 Å². The van der Waals surface area contributed by atoms with E-state index in [2.05, 4.69) is 4.98 Å². The second kappa shape index (κ2) is 4.63. The highest BCUT2D eigenvalue weighted by atomic mass is 16.4. The minimum Gasteiger partial charge on any atom is -0.481 e. The molecular weight excluding hydrogens is 210 g/mol. The number of aliphatic hydroxyl groups is 1. The Morgan fingerprint density at radius 3 is 2.94 bits per heavy atom. The first-order valence-corrected chi connectivity index (χ1v) is 5.26. The predicted octanol–water partition coefficient (Wildman–Crippen LogP) is -0.425. The molecule has 6 nitrogen and oxygen atoms in total. The van der Waals surface area contributed by atoms with Crippen LogP contribution in [0.3, 0.4) is 0 Å². The van der Waals surface area contributed by atoms with Crippen LogP contribution < -0.4 is 0 Å². The van der Waals surface area contributed by atoms with E-state index in [1.165, 1.54) is 0 Å². The van der Waals surface area contributed by atoms with Gasteiger partial charge in [-0.1, -0.05) is 0 Å². The molecule has 2 heterocycles. The van der Waals surface area contributed by atoms with Crippen molar-refractivity contribution in [1.82, 2.24) is 14.5 Å². The molecule has 2 N–H and O–H groups in total. The van der Waals surface area contributed by atoms with Crippen LogP contribution in [0, 0.1) is 0 Å². The number of hydrogen-bond donors (Lipinski definition) is 2. The van der Waals surface area contributed by atoms with Gasteiger partial charge in [0.15, 0.2) is 0 Å². The van der Waals surface area contributed by atoms with Crippen LogP contribution in [-0.2, 0) is 4.79 Å². The van der Waals surface area contributed by atoms with Crippen molar-refractivity contribution in [3.8, 4) is 0 Å². The summed E-state index contributed by atoms with van der Waals surface area (Å²) in [5, 5.41) is 18.4. The molecule has 2 rings (SSSR count). The maximum Gasteiger partial charge on any atom is 0.304 e. The van der Waals surface area contributed by atoms with Gasteiger partial charge in [-0.3, -0.25) is 9.69 Å². The van der Waals surface area contributed by atoms with E-state index in [-0.39, 0.29) is 12.5 Å². The normalized spacial score (nSPS) is 26.1. The van der Waals surface area contributed by atoms with Crippen LogP contribution in [0.15, 0.2) is 18.7 Å². The summed E-state index contributed by atoms with van der Waals surface area (Å²) in [4.78, 5) is 16.3. The maximum absolute atomic E-state index is 10.4. The number of carbonyl (C=O) groups is 1. The average molecular weight is 225 g/mol. The molecule has 88 valence electrons. The number of aliphatic hydroxyl groups excluding tert-OH is 1. The first-order valence-electron chi connectivity index (χ1n) is 5.26. The zero-order valence-electron chi connectivity index (χ0n) is 8.86. The number of nitrogens with zero attached hydrogens (tertiary/aromatic N) is 3. The van der Waals surface area contributed by atoms with Gasteiger partial charge in [0.1, 0.15) is 0 Å². The van der Waals surface area contributed by atoms with Crippen LogP contribution in [0.1, 0.15) is 12.5 Å². The molecule has 0 unspecified atom stereocenters. The fraction of sp³-hybridized carbons (Fsp3) is 0.600. The molecule has 1 aromatic rings. The molecule has 1 aliphatic rings. The van der Waals surface area contributed by atoms with Crippen molar-refractivity contribution >= 4 is 5.97 Å². The van der Waals surface area contributed by atoms with E-state index in [0.717, 1.165) is 0 Å². The number of carboxylic acid groups (broad SMARTS) is 1. The van der Waals surface area contributed by atoms with Crippen molar-refractivity contribution in [2.45, 2.75) is 18.6 Å². The largest absolute Gasteiger partial charge is 0.481 e. The third kappa shape index (κ3) is 2.40. The van der Waals surface area contributed by atoms with Gasteiger partial charge < -0.3 is 14.8 Å². The molecular formula is C10H15N3O3. The Balaban J connectivity index is 1.92. The molecule has 1 fully saturated rings. The van der Waals surface area contributed by atoms with E-state index >= 15 is 0 Å². The predicted molar refractivity (Wildman–Crippen MR) is 56.0 cm³/mol. The van der Waals surface area contributed by atoms with Gasteiger partial charge >= 0.3 is 5.97 Å². The third-order valence-corrected chi connectivity index (χ3v) is 2.88. The number of aromatic nitrogens is 2. The maximum atomic E-state index is 10.4. The van der Waals surface area contributed by atoms with E-state index in [0.29, 0.717) is 19.6 Å². The standard InChI is InChI=1S/C10H15N3O3/c14-9-6-12(3-1-10(15)16)5-8(9)13-4-2-11-7-13/h2,4,7-9,14H,1,3,5-6H2,(H,15,16)/t8-,9+/m0/s1. The van der Waals surface area contributed by atoms with Gasteiger partial charge in [0, 0.05) is 32.0 Å². The van der Waals surface area contributed by atoms with Crippen molar-refractivity contribution in [1.29, 1.82) is 0 Å². The van der Waals surface area contributed by atoms with Crippen molar-refractivity contribution in [3.63, 3.8) is 0 Å². The second-order valence-corrected chi connectivity index (χ2v) is 4.05. The second-order valence-electron chi connectivity index (χ2n) is 4.05. The summed E-state index contributed by atoms with van der Waals surface area (Å²) in [6.07, 6.45) is 4.82. The molecule has 6 heteroatoms. The number of β-amino-alcohol motifs (C(OH)–C–C–N with tert-alkyl or cyclic N) is 1. The van der Waals surface area contributed by atoms with Crippen LogP contribution in [0.5, 0.6) is 0 Å². The number of aliphatic carboxylic acids is 1. The van der Waals surface area contributed by atoms with Gasteiger partial charge in [-0.05, 0) is 0 Å². The summed E-state index contributed by atoms with van der Waals surface area (Å²) < 4.78 is 1.87. The minimum atomic E-state index is -0.805. The van der Waals surface area contributed by atoms with Crippen LogP contribution in [0.25, 0.3) is 0 Å². The third-order valence-electron chi connectivity index (χ3n) is 2.88. The molecule has 1 aromatic heterocycles. The fourth-order valence-corrected chi connectivity index (χ4v) is 2.04. The van der Waals surface area contributed by atoms with Crippen molar-refractivity contribution in [3.05, 3.63) is 18.7 Å². The molecule has 1 saturated heterocycles. The molecule has 16 heavy (non-hydrogen) atoms. The Bertz CT molecular complexity index is 352. The summed E-state index contributed by atoms with van der Waals surface area (Å²) in [5.74, 6) is -0.805. The Hall–Kier alpha value is -1.40. The average Bonchev–Trinajstić information content (AvgIpc) is 2.83. The Morgan fingerprint density at radius 2 is 2.31 bits per heavy atom. The molecule has 2 atom stereocenters. The lowest BCUT2D eigenvalue weighted by atomic mass is 10.2. The minimum absolute atomic E-state index is 0.0173. The van der Waals surface area contributed by atoms with Crippen molar-refractivity contribution in [2.75, 3.05) is 19.6 Å². The van der Waals surface area contributed by atoms with Gasteiger partial charge in [-0.2, -0.15) is 0 Å². The quantitative estimate of drug-likeness (QED) is 0.727. The van der Waals surface area contributed by atoms with E-state index in [9.17, 15) is 9.90 Å². The van der Waals surface area contributed by atoms with Crippen LogP contribution >= 0.6 is 0 Å².